The van der Waals surface area contributed by atoms with Crippen LogP contribution < -0.4 is 0 Å². The first-order valence-electron chi connectivity index (χ1n) is 9.33. The van der Waals surface area contributed by atoms with Crippen molar-refractivity contribution >= 4 is 21.7 Å². The first-order valence-corrected chi connectivity index (χ1v) is 9.33. The van der Waals surface area contributed by atoms with Crippen LogP contribution in [-0.4, -0.2) is 9.97 Å². The maximum Gasteiger partial charge on any atom is 0.0718 e. The van der Waals surface area contributed by atoms with E-state index < -0.39 is 0 Å². The molecule has 2 nitrogen and oxygen atoms in total. The number of hydrogen-bond acceptors (Lipinski definition) is 2. The molecule has 2 heteroatoms. The van der Waals surface area contributed by atoms with Gasteiger partial charge in [0, 0.05) is 22.5 Å². The standard InChI is InChI=1S/C24H24N2/c1-15(2)17-11-12-25-22(13-17)18-9-10-20-19-7-5-6-8-21(19)24(16(3)4)26-23(20)14-18/h5-16H,1-4H3. The van der Waals surface area contributed by atoms with E-state index in [2.05, 4.69) is 87.3 Å². The summed E-state index contributed by atoms with van der Waals surface area (Å²) in [5.74, 6) is 0.877. The predicted octanol–water partition coefficient (Wildman–Crippen LogP) is 6.70. The average molecular weight is 340 g/mol. The molecule has 0 saturated heterocycles. The molecule has 0 amide bonds. The third-order valence-corrected chi connectivity index (χ3v) is 5.03. The van der Waals surface area contributed by atoms with Crippen LogP contribution in [0.3, 0.4) is 0 Å². The first-order chi connectivity index (χ1) is 12.5. The monoisotopic (exact) mass is 340 g/mol. The highest BCUT2D eigenvalue weighted by molar-refractivity contribution is 6.07. The number of pyridine rings is 2. The molecule has 0 spiro atoms. The van der Waals surface area contributed by atoms with Crippen molar-refractivity contribution in [3.05, 3.63) is 72.1 Å². The Balaban J connectivity index is 1.95. The summed E-state index contributed by atoms with van der Waals surface area (Å²) in [6.45, 7) is 8.83. The number of hydrogen-bond donors (Lipinski definition) is 0. The maximum absolute atomic E-state index is 5.02. The first kappa shape index (κ1) is 16.7. The molecule has 2 aromatic carbocycles. The quantitative estimate of drug-likeness (QED) is 0.388. The minimum atomic E-state index is 0.385. The minimum Gasteiger partial charge on any atom is -0.256 e. The zero-order chi connectivity index (χ0) is 18.3. The number of benzene rings is 2. The van der Waals surface area contributed by atoms with E-state index in [9.17, 15) is 0 Å². The van der Waals surface area contributed by atoms with Crippen molar-refractivity contribution in [1.29, 1.82) is 0 Å². The third-order valence-electron chi connectivity index (χ3n) is 5.03. The van der Waals surface area contributed by atoms with Crippen LogP contribution in [0.15, 0.2) is 60.8 Å². The third kappa shape index (κ3) is 2.86. The summed E-state index contributed by atoms with van der Waals surface area (Å²) in [5, 5.41) is 3.73. The number of nitrogens with zero attached hydrogens (tertiary/aromatic N) is 2. The van der Waals surface area contributed by atoms with Crippen molar-refractivity contribution in [3.8, 4) is 11.3 Å². The molecule has 0 N–H and O–H groups in total. The van der Waals surface area contributed by atoms with Gasteiger partial charge in [0.1, 0.15) is 0 Å². The topological polar surface area (TPSA) is 25.8 Å². The zero-order valence-electron chi connectivity index (χ0n) is 15.8. The molecule has 0 aliphatic heterocycles. The maximum atomic E-state index is 5.02. The Labute approximate surface area is 154 Å². The molecule has 130 valence electrons. The van der Waals surface area contributed by atoms with Crippen molar-refractivity contribution in [2.24, 2.45) is 0 Å². The van der Waals surface area contributed by atoms with Gasteiger partial charge in [0.15, 0.2) is 0 Å². The smallest absolute Gasteiger partial charge is 0.0718 e. The largest absolute Gasteiger partial charge is 0.256 e. The Hall–Kier alpha value is -2.74. The Bertz CT molecular complexity index is 1090. The van der Waals surface area contributed by atoms with Crippen LogP contribution in [0.2, 0.25) is 0 Å². The highest BCUT2D eigenvalue weighted by Crippen LogP contribution is 2.32. The Morgan fingerprint density at radius 2 is 1.50 bits per heavy atom. The molecular formula is C24H24N2. The fourth-order valence-corrected chi connectivity index (χ4v) is 3.55. The lowest BCUT2D eigenvalue weighted by Crippen LogP contribution is -1.96. The van der Waals surface area contributed by atoms with Crippen molar-refractivity contribution in [2.45, 2.75) is 39.5 Å². The van der Waals surface area contributed by atoms with Gasteiger partial charge in [-0.3, -0.25) is 9.97 Å². The lowest BCUT2D eigenvalue weighted by atomic mass is 9.97. The molecule has 0 saturated carbocycles. The van der Waals surface area contributed by atoms with E-state index in [1.165, 1.54) is 21.7 Å². The Kier molecular flexibility index (Phi) is 4.20. The van der Waals surface area contributed by atoms with Crippen LogP contribution >= 0.6 is 0 Å². The van der Waals surface area contributed by atoms with Gasteiger partial charge >= 0.3 is 0 Å². The highest BCUT2D eigenvalue weighted by Gasteiger charge is 2.12. The van der Waals surface area contributed by atoms with E-state index in [4.69, 9.17) is 4.98 Å². The molecule has 0 radical (unpaired) electrons. The molecule has 0 fully saturated rings. The number of fused-ring (bicyclic) bond motifs is 3. The molecule has 26 heavy (non-hydrogen) atoms. The zero-order valence-corrected chi connectivity index (χ0v) is 15.8. The van der Waals surface area contributed by atoms with E-state index >= 15 is 0 Å². The predicted molar refractivity (Wildman–Crippen MR) is 111 cm³/mol. The SMILES string of the molecule is CC(C)c1ccnc(-c2ccc3c(c2)nc(C(C)C)c2ccccc23)c1. The van der Waals surface area contributed by atoms with Crippen molar-refractivity contribution in [3.63, 3.8) is 0 Å². The minimum absolute atomic E-state index is 0.385. The number of aromatic nitrogens is 2. The Morgan fingerprint density at radius 1 is 0.731 bits per heavy atom. The molecule has 2 heterocycles. The van der Waals surface area contributed by atoms with Gasteiger partial charge in [-0.25, -0.2) is 0 Å². The molecule has 0 aliphatic carbocycles. The van der Waals surface area contributed by atoms with Crippen molar-refractivity contribution in [2.75, 3.05) is 0 Å². The van der Waals surface area contributed by atoms with Gasteiger partial charge in [-0.2, -0.15) is 0 Å². The summed E-state index contributed by atoms with van der Waals surface area (Å²) in [6, 6.07) is 19.4. The fourth-order valence-electron chi connectivity index (χ4n) is 3.55. The lowest BCUT2D eigenvalue weighted by molar-refractivity contribution is 0.841. The lowest BCUT2D eigenvalue weighted by Gasteiger charge is -2.13. The van der Waals surface area contributed by atoms with E-state index in [1.54, 1.807) is 0 Å². The van der Waals surface area contributed by atoms with Gasteiger partial charge in [-0.1, -0.05) is 64.1 Å². The van der Waals surface area contributed by atoms with Crippen molar-refractivity contribution < 1.29 is 0 Å². The summed E-state index contributed by atoms with van der Waals surface area (Å²) in [7, 11) is 0. The van der Waals surface area contributed by atoms with Crippen molar-refractivity contribution in [1.82, 2.24) is 9.97 Å². The Morgan fingerprint density at radius 3 is 2.23 bits per heavy atom. The van der Waals surface area contributed by atoms with Gasteiger partial charge in [0.2, 0.25) is 0 Å². The van der Waals surface area contributed by atoms with E-state index in [0.29, 0.717) is 11.8 Å². The molecule has 0 bridgehead atoms. The molecule has 4 rings (SSSR count). The second kappa shape index (κ2) is 6.53. The second-order valence-corrected chi connectivity index (χ2v) is 7.56. The summed E-state index contributed by atoms with van der Waals surface area (Å²) < 4.78 is 0. The van der Waals surface area contributed by atoms with Crippen LogP contribution in [0.1, 0.15) is 50.8 Å². The van der Waals surface area contributed by atoms with Crippen LogP contribution in [0.4, 0.5) is 0 Å². The van der Waals surface area contributed by atoms with E-state index in [0.717, 1.165) is 22.5 Å². The van der Waals surface area contributed by atoms with Gasteiger partial charge in [-0.15, -0.1) is 0 Å². The van der Waals surface area contributed by atoms with Gasteiger partial charge < -0.3 is 0 Å². The molecule has 2 aromatic heterocycles. The van der Waals surface area contributed by atoms with Crippen LogP contribution in [-0.2, 0) is 0 Å². The van der Waals surface area contributed by atoms with Crippen LogP contribution in [0.25, 0.3) is 32.9 Å². The van der Waals surface area contributed by atoms with Crippen LogP contribution in [0, 0.1) is 0 Å². The van der Waals surface area contributed by atoms with Gasteiger partial charge in [0.05, 0.1) is 16.9 Å². The highest BCUT2D eigenvalue weighted by atomic mass is 14.7. The normalized spacial score (nSPS) is 11.8. The average Bonchev–Trinajstić information content (AvgIpc) is 2.66. The summed E-state index contributed by atoms with van der Waals surface area (Å²) in [4.78, 5) is 9.61. The molecule has 4 aromatic rings. The molecule has 0 aliphatic rings. The van der Waals surface area contributed by atoms with Gasteiger partial charge in [-0.05, 0) is 41.0 Å². The van der Waals surface area contributed by atoms with Crippen LogP contribution in [0.5, 0.6) is 0 Å². The van der Waals surface area contributed by atoms with E-state index in [1.807, 2.05) is 6.20 Å². The molecule has 0 atom stereocenters. The fraction of sp³-hybridized carbons (Fsp3) is 0.250. The van der Waals surface area contributed by atoms with E-state index in [-0.39, 0.29) is 0 Å². The second-order valence-electron chi connectivity index (χ2n) is 7.56. The summed E-state index contributed by atoms with van der Waals surface area (Å²) in [5.41, 5.74) is 5.65. The molecule has 0 unspecified atom stereocenters. The summed E-state index contributed by atoms with van der Waals surface area (Å²) >= 11 is 0. The number of rotatable bonds is 3. The van der Waals surface area contributed by atoms with Gasteiger partial charge in [0.25, 0.3) is 0 Å². The molecular weight excluding hydrogens is 316 g/mol. The summed E-state index contributed by atoms with van der Waals surface area (Å²) in [6.07, 6.45) is 1.90.